The Morgan fingerprint density at radius 3 is 2.50 bits per heavy atom. The van der Waals surface area contributed by atoms with Crippen LogP contribution in [0.25, 0.3) is 0 Å². The van der Waals surface area contributed by atoms with E-state index in [0.717, 1.165) is 17.7 Å². The molecule has 0 saturated heterocycles. The van der Waals surface area contributed by atoms with Gasteiger partial charge in [-0.2, -0.15) is 0 Å². The van der Waals surface area contributed by atoms with Gasteiger partial charge in [0.2, 0.25) is 0 Å². The van der Waals surface area contributed by atoms with Gasteiger partial charge < -0.3 is 10.3 Å². The Labute approximate surface area is 96.2 Å². The molecule has 0 spiro atoms. The average molecular weight is 220 g/mol. The molecule has 0 radical (unpaired) electrons. The lowest BCUT2D eigenvalue weighted by molar-refractivity contribution is 0.492. The minimum Gasteiger partial charge on any atom is -0.324 e. The second-order valence-corrected chi connectivity index (χ2v) is 5.57. The molecule has 16 heavy (non-hydrogen) atoms. The fourth-order valence-electron chi connectivity index (χ4n) is 3.24. The van der Waals surface area contributed by atoms with E-state index in [4.69, 9.17) is 5.73 Å². The summed E-state index contributed by atoms with van der Waals surface area (Å²) in [5, 5.41) is 8.61. The molecule has 2 saturated carbocycles. The Morgan fingerprint density at radius 1 is 1.25 bits per heavy atom. The zero-order valence-electron chi connectivity index (χ0n) is 10.1. The molecule has 2 aliphatic carbocycles. The molecule has 1 heterocycles. The van der Waals surface area contributed by atoms with Crippen LogP contribution in [0.3, 0.4) is 0 Å². The topological polar surface area (TPSA) is 56.7 Å². The van der Waals surface area contributed by atoms with Crippen molar-refractivity contribution in [1.82, 2.24) is 14.8 Å². The van der Waals surface area contributed by atoms with Crippen LogP contribution in [0.5, 0.6) is 0 Å². The summed E-state index contributed by atoms with van der Waals surface area (Å²) in [7, 11) is 0. The van der Waals surface area contributed by atoms with E-state index >= 15 is 0 Å². The van der Waals surface area contributed by atoms with E-state index in [1.165, 1.54) is 25.1 Å². The van der Waals surface area contributed by atoms with Crippen LogP contribution in [0, 0.1) is 11.8 Å². The standard InChI is InChI=1S/C12H20N4/c1-7(2)16-11(6-13)14-15-12(16)10-4-8-3-9(8)5-10/h7-10H,3-6,13H2,1-2H3. The summed E-state index contributed by atoms with van der Waals surface area (Å²) < 4.78 is 2.25. The highest BCUT2D eigenvalue weighted by atomic mass is 15.3. The maximum atomic E-state index is 5.71. The Bertz CT molecular complexity index is 386. The van der Waals surface area contributed by atoms with Crippen LogP contribution in [0.15, 0.2) is 0 Å². The highest BCUT2D eigenvalue weighted by Crippen LogP contribution is 2.57. The normalized spacial score (nSPS) is 32.1. The van der Waals surface area contributed by atoms with Crippen LogP contribution in [-0.4, -0.2) is 14.8 Å². The molecule has 3 rings (SSSR count). The zero-order chi connectivity index (χ0) is 11.3. The molecule has 1 aromatic rings. The lowest BCUT2D eigenvalue weighted by Crippen LogP contribution is -2.15. The van der Waals surface area contributed by atoms with Gasteiger partial charge in [0.1, 0.15) is 11.6 Å². The molecule has 0 amide bonds. The summed E-state index contributed by atoms with van der Waals surface area (Å²) in [5.41, 5.74) is 5.71. The van der Waals surface area contributed by atoms with Gasteiger partial charge in [-0.05, 0) is 44.9 Å². The Hall–Kier alpha value is -0.900. The third-order valence-electron chi connectivity index (χ3n) is 4.10. The first-order valence-corrected chi connectivity index (χ1v) is 6.34. The first kappa shape index (κ1) is 10.3. The molecule has 1 aromatic heterocycles. The molecule has 2 aliphatic rings. The molecule has 0 bridgehead atoms. The van der Waals surface area contributed by atoms with Gasteiger partial charge in [0, 0.05) is 12.0 Å². The lowest BCUT2D eigenvalue weighted by atomic mass is 10.0. The second kappa shape index (κ2) is 3.55. The van der Waals surface area contributed by atoms with Gasteiger partial charge in [0.05, 0.1) is 6.54 Å². The van der Waals surface area contributed by atoms with Crippen LogP contribution in [-0.2, 0) is 6.54 Å². The van der Waals surface area contributed by atoms with Crippen molar-refractivity contribution < 1.29 is 0 Å². The van der Waals surface area contributed by atoms with Gasteiger partial charge in [0.15, 0.2) is 0 Å². The van der Waals surface area contributed by atoms with E-state index in [9.17, 15) is 0 Å². The fourth-order valence-corrected chi connectivity index (χ4v) is 3.24. The number of aromatic nitrogens is 3. The quantitative estimate of drug-likeness (QED) is 0.845. The van der Waals surface area contributed by atoms with Crippen LogP contribution < -0.4 is 5.73 Å². The third-order valence-corrected chi connectivity index (χ3v) is 4.10. The first-order chi connectivity index (χ1) is 7.70. The van der Waals surface area contributed by atoms with Gasteiger partial charge in [-0.3, -0.25) is 0 Å². The van der Waals surface area contributed by atoms with Gasteiger partial charge in [-0.15, -0.1) is 10.2 Å². The van der Waals surface area contributed by atoms with Crippen molar-refractivity contribution >= 4 is 0 Å². The van der Waals surface area contributed by atoms with Crippen LogP contribution in [0.4, 0.5) is 0 Å². The Morgan fingerprint density at radius 2 is 1.94 bits per heavy atom. The lowest BCUT2D eigenvalue weighted by Gasteiger charge is -2.17. The summed E-state index contributed by atoms with van der Waals surface area (Å²) in [6, 6.07) is 0.417. The predicted octanol–water partition coefficient (Wildman–Crippen LogP) is 1.83. The molecule has 4 nitrogen and oxygen atoms in total. The van der Waals surface area contributed by atoms with Crippen molar-refractivity contribution in [2.75, 3.05) is 0 Å². The van der Waals surface area contributed by atoms with Gasteiger partial charge in [0.25, 0.3) is 0 Å². The Kier molecular flexibility index (Phi) is 2.28. The van der Waals surface area contributed by atoms with Gasteiger partial charge in [-0.25, -0.2) is 0 Å². The maximum absolute atomic E-state index is 5.71. The molecule has 2 fully saturated rings. The number of hydrogen-bond donors (Lipinski definition) is 1. The van der Waals surface area contributed by atoms with Crippen molar-refractivity contribution in [3.8, 4) is 0 Å². The van der Waals surface area contributed by atoms with Gasteiger partial charge in [-0.1, -0.05) is 0 Å². The monoisotopic (exact) mass is 220 g/mol. The van der Waals surface area contributed by atoms with Crippen molar-refractivity contribution in [2.45, 2.75) is 51.6 Å². The van der Waals surface area contributed by atoms with E-state index in [2.05, 4.69) is 28.6 Å². The molecular weight excluding hydrogens is 200 g/mol. The molecule has 0 aliphatic heterocycles. The van der Waals surface area contributed by atoms with Crippen molar-refractivity contribution in [1.29, 1.82) is 0 Å². The number of nitrogens with two attached hydrogens (primary N) is 1. The fraction of sp³-hybridized carbons (Fsp3) is 0.833. The van der Waals surface area contributed by atoms with E-state index in [0.29, 0.717) is 18.5 Å². The Balaban J connectivity index is 1.90. The minimum atomic E-state index is 0.417. The van der Waals surface area contributed by atoms with Crippen LogP contribution >= 0.6 is 0 Å². The number of fused-ring (bicyclic) bond motifs is 1. The smallest absolute Gasteiger partial charge is 0.147 e. The SMILES string of the molecule is CC(C)n1c(CN)nnc1C1CC2CC2C1. The minimum absolute atomic E-state index is 0.417. The van der Waals surface area contributed by atoms with E-state index in [1.54, 1.807) is 0 Å². The van der Waals surface area contributed by atoms with E-state index in [-0.39, 0.29) is 0 Å². The molecule has 2 unspecified atom stereocenters. The molecule has 2 N–H and O–H groups in total. The molecular formula is C12H20N4. The summed E-state index contributed by atoms with van der Waals surface area (Å²) in [5.74, 6) is 4.74. The molecule has 2 atom stereocenters. The number of rotatable bonds is 3. The highest BCUT2D eigenvalue weighted by Gasteiger charge is 2.47. The highest BCUT2D eigenvalue weighted by molar-refractivity contribution is 5.11. The van der Waals surface area contributed by atoms with Crippen molar-refractivity contribution in [3.63, 3.8) is 0 Å². The van der Waals surface area contributed by atoms with Crippen molar-refractivity contribution in [3.05, 3.63) is 11.6 Å². The van der Waals surface area contributed by atoms with Crippen molar-refractivity contribution in [2.24, 2.45) is 17.6 Å². The van der Waals surface area contributed by atoms with E-state index in [1.807, 2.05) is 0 Å². The summed E-state index contributed by atoms with van der Waals surface area (Å²) >= 11 is 0. The van der Waals surface area contributed by atoms with Crippen LogP contribution in [0.1, 0.15) is 56.7 Å². The molecule has 4 heteroatoms. The second-order valence-electron chi connectivity index (χ2n) is 5.57. The third kappa shape index (κ3) is 1.47. The average Bonchev–Trinajstić information content (AvgIpc) is 2.75. The summed E-state index contributed by atoms with van der Waals surface area (Å²) in [6.45, 7) is 4.86. The van der Waals surface area contributed by atoms with Crippen LogP contribution in [0.2, 0.25) is 0 Å². The summed E-state index contributed by atoms with van der Waals surface area (Å²) in [4.78, 5) is 0. The predicted molar refractivity (Wildman–Crippen MR) is 61.9 cm³/mol. The van der Waals surface area contributed by atoms with Gasteiger partial charge >= 0.3 is 0 Å². The zero-order valence-corrected chi connectivity index (χ0v) is 10.1. The first-order valence-electron chi connectivity index (χ1n) is 6.34. The summed E-state index contributed by atoms with van der Waals surface area (Å²) in [6.07, 6.45) is 4.09. The maximum Gasteiger partial charge on any atom is 0.147 e. The molecule has 0 aromatic carbocycles. The molecule has 88 valence electrons. The number of hydrogen-bond acceptors (Lipinski definition) is 3. The van der Waals surface area contributed by atoms with E-state index < -0.39 is 0 Å². The number of nitrogens with zero attached hydrogens (tertiary/aromatic N) is 3. The largest absolute Gasteiger partial charge is 0.324 e.